The van der Waals surface area contributed by atoms with E-state index in [0.29, 0.717) is 26.0 Å². The summed E-state index contributed by atoms with van der Waals surface area (Å²) in [6, 6.07) is 0. The molecule has 6 nitrogen and oxygen atoms in total. The highest BCUT2D eigenvalue weighted by molar-refractivity contribution is 5.84. The van der Waals surface area contributed by atoms with Crippen LogP contribution in [0.4, 0.5) is 0 Å². The molecule has 0 bridgehead atoms. The minimum Gasteiger partial charge on any atom is -0.476 e. The van der Waals surface area contributed by atoms with E-state index in [-0.39, 0.29) is 11.7 Å². The molecule has 1 heterocycles. The van der Waals surface area contributed by atoms with Crippen molar-refractivity contribution in [3.63, 3.8) is 0 Å². The molecule has 1 aromatic rings. The Morgan fingerprint density at radius 2 is 2.31 bits per heavy atom. The van der Waals surface area contributed by atoms with E-state index in [4.69, 9.17) is 9.84 Å². The van der Waals surface area contributed by atoms with Crippen molar-refractivity contribution in [1.82, 2.24) is 9.55 Å². The number of hydrogen-bond acceptors (Lipinski definition) is 4. The molecule has 0 saturated heterocycles. The topological polar surface area (TPSA) is 81.4 Å². The first-order valence-corrected chi connectivity index (χ1v) is 5.04. The molecule has 0 atom stereocenters. The van der Waals surface area contributed by atoms with Crippen LogP contribution in [0.3, 0.4) is 0 Å². The number of hydrogen-bond donors (Lipinski definition) is 1. The number of nitrogens with zero attached hydrogens (tertiary/aromatic N) is 2. The molecule has 16 heavy (non-hydrogen) atoms. The van der Waals surface area contributed by atoms with Crippen molar-refractivity contribution in [3.05, 3.63) is 18.2 Å². The highest BCUT2D eigenvalue weighted by Gasteiger charge is 2.06. The SMILES string of the molecule is CCOC(=O)CCCn1cnc(C(=O)O)c1. The Labute approximate surface area is 92.9 Å². The Morgan fingerprint density at radius 3 is 2.88 bits per heavy atom. The smallest absolute Gasteiger partial charge is 0.356 e. The maximum atomic E-state index is 11.0. The van der Waals surface area contributed by atoms with Gasteiger partial charge in [0.1, 0.15) is 0 Å². The van der Waals surface area contributed by atoms with Crippen LogP contribution in [0.1, 0.15) is 30.3 Å². The molecule has 0 aliphatic heterocycles. The Hall–Kier alpha value is -1.85. The number of aromatic carboxylic acids is 1. The van der Waals surface area contributed by atoms with E-state index < -0.39 is 5.97 Å². The Balaban J connectivity index is 2.32. The fourth-order valence-electron chi connectivity index (χ4n) is 1.23. The van der Waals surface area contributed by atoms with E-state index in [1.54, 1.807) is 11.5 Å². The molecule has 6 heteroatoms. The first kappa shape index (κ1) is 12.2. The van der Waals surface area contributed by atoms with Crippen molar-refractivity contribution in [1.29, 1.82) is 0 Å². The third-order valence-corrected chi connectivity index (χ3v) is 1.95. The van der Waals surface area contributed by atoms with Crippen molar-refractivity contribution in [3.8, 4) is 0 Å². The number of carboxylic acids is 1. The third kappa shape index (κ3) is 3.72. The number of esters is 1. The molecule has 0 radical (unpaired) electrons. The van der Waals surface area contributed by atoms with Gasteiger partial charge in [-0.1, -0.05) is 0 Å². The van der Waals surface area contributed by atoms with Gasteiger partial charge in [0.25, 0.3) is 0 Å². The summed E-state index contributed by atoms with van der Waals surface area (Å²) in [5.74, 6) is -1.29. The molecule has 1 N–H and O–H groups in total. The summed E-state index contributed by atoms with van der Waals surface area (Å²) in [5, 5.41) is 8.63. The van der Waals surface area contributed by atoms with Crippen molar-refractivity contribution in [2.24, 2.45) is 0 Å². The number of imidazole rings is 1. The lowest BCUT2D eigenvalue weighted by Gasteiger charge is -2.02. The number of aromatic nitrogens is 2. The quantitative estimate of drug-likeness (QED) is 0.729. The zero-order valence-electron chi connectivity index (χ0n) is 9.05. The van der Waals surface area contributed by atoms with Gasteiger partial charge in [0.05, 0.1) is 12.9 Å². The predicted octanol–water partition coefficient (Wildman–Crippen LogP) is 0.925. The molecule has 0 aromatic carbocycles. The molecule has 0 amide bonds. The molecule has 0 unspecified atom stereocenters. The summed E-state index contributed by atoms with van der Waals surface area (Å²) >= 11 is 0. The summed E-state index contributed by atoms with van der Waals surface area (Å²) < 4.78 is 6.41. The lowest BCUT2D eigenvalue weighted by molar-refractivity contribution is -0.143. The minimum atomic E-state index is -1.05. The third-order valence-electron chi connectivity index (χ3n) is 1.95. The average molecular weight is 226 g/mol. The average Bonchev–Trinajstić information content (AvgIpc) is 2.67. The lowest BCUT2D eigenvalue weighted by atomic mass is 10.3. The van der Waals surface area contributed by atoms with E-state index in [9.17, 15) is 9.59 Å². The molecule has 0 aliphatic carbocycles. The lowest BCUT2D eigenvalue weighted by Crippen LogP contribution is -2.05. The van der Waals surface area contributed by atoms with Gasteiger partial charge in [-0.3, -0.25) is 4.79 Å². The highest BCUT2D eigenvalue weighted by Crippen LogP contribution is 2.00. The minimum absolute atomic E-state index is 0.0103. The number of carboxylic acid groups (broad SMARTS) is 1. The van der Waals surface area contributed by atoms with Gasteiger partial charge < -0.3 is 14.4 Å². The summed E-state index contributed by atoms with van der Waals surface area (Å²) in [6.45, 7) is 2.69. The first-order chi connectivity index (χ1) is 7.63. The zero-order chi connectivity index (χ0) is 12.0. The summed E-state index contributed by atoms with van der Waals surface area (Å²) in [6.07, 6.45) is 3.81. The molecule has 1 rings (SSSR count). The second kappa shape index (κ2) is 5.89. The largest absolute Gasteiger partial charge is 0.476 e. The number of carbonyl (C=O) groups is 2. The standard InChI is InChI=1S/C10H14N2O4/c1-2-16-9(13)4-3-5-12-6-8(10(14)15)11-7-12/h6-7H,2-5H2,1H3,(H,14,15). The molecular formula is C10H14N2O4. The van der Waals surface area contributed by atoms with E-state index in [1.165, 1.54) is 12.5 Å². The number of carbonyl (C=O) groups excluding carboxylic acids is 1. The van der Waals surface area contributed by atoms with Crippen LogP contribution in [0.25, 0.3) is 0 Å². The Bertz CT molecular complexity index is 373. The van der Waals surface area contributed by atoms with Crippen LogP contribution in [-0.4, -0.2) is 33.2 Å². The van der Waals surface area contributed by atoms with E-state index >= 15 is 0 Å². The van der Waals surface area contributed by atoms with Gasteiger partial charge >= 0.3 is 11.9 Å². The van der Waals surface area contributed by atoms with Gasteiger partial charge in [-0.2, -0.15) is 0 Å². The van der Waals surface area contributed by atoms with Crippen LogP contribution in [0.5, 0.6) is 0 Å². The van der Waals surface area contributed by atoms with Gasteiger partial charge in [0, 0.05) is 19.2 Å². The highest BCUT2D eigenvalue weighted by atomic mass is 16.5. The zero-order valence-corrected chi connectivity index (χ0v) is 9.05. The second-order valence-corrected chi connectivity index (χ2v) is 3.21. The molecular weight excluding hydrogens is 212 g/mol. The van der Waals surface area contributed by atoms with Crippen molar-refractivity contribution >= 4 is 11.9 Å². The van der Waals surface area contributed by atoms with Gasteiger partial charge in [0.2, 0.25) is 0 Å². The Morgan fingerprint density at radius 1 is 1.56 bits per heavy atom. The van der Waals surface area contributed by atoms with Crippen LogP contribution < -0.4 is 0 Å². The van der Waals surface area contributed by atoms with Crippen LogP contribution >= 0.6 is 0 Å². The summed E-state index contributed by atoms with van der Waals surface area (Å²) in [5.41, 5.74) is 0.0103. The maximum Gasteiger partial charge on any atom is 0.356 e. The second-order valence-electron chi connectivity index (χ2n) is 3.21. The van der Waals surface area contributed by atoms with Crippen molar-refractivity contribution in [2.45, 2.75) is 26.3 Å². The summed E-state index contributed by atoms with van der Waals surface area (Å²) in [4.78, 5) is 25.2. The Kier molecular flexibility index (Phi) is 4.50. The normalized spacial score (nSPS) is 10.1. The molecule has 1 aromatic heterocycles. The molecule has 88 valence electrons. The predicted molar refractivity (Wildman–Crippen MR) is 55.1 cm³/mol. The molecule has 0 fully saturated rings. The van der Waals surface area contributed by atoms with E-state index in [2.05, 4.69) is 4.98 Å². The van der Waals surface area contributed by atoms with Crippen LogP contribution in [0.2, 0.25) is 0 Å². The van der Waals surface area contributed by atoms with E-state index in [0.717, 1.165) is 0 Å². The van der Waals surface area contributed by atoms with Gasteiger partial charge in [-0.05, 0) is 13.3 Å². The molecule has 0 spiro atoms. The van der Waals surface area contributed by atoms with Crippen LogP contribution in [0.15, 0.2) is 12.5 Å². The van der Waals surface area contributed by atoms with Gasteiger partial charge in [0.15, 0.2) is 5.69 Å². The van der Waals surface area contributed by atoms with Crippen molar-refractivity contribution in [2.75, 3.05) is 6.61 Å². The molecule has 0 aliphatic rings. The first-order valence-electron chi connectivity index (χ1n) is 5.04. The summed E-state index contributed by atoms with van der Waals surface area (Å²) in [7, 11) is 0. The number of ether oxygens (including phenoxy) is 1. The van der Waals surface area contributed by atoms with E-state index in [1.807, 2.05) is 0 Å². The van der Waals surface area contributed by atoms with Gasteiger partial charge in [-0.25, -0.2) is 9.78 Å². The van der Waals surface area contributed by atoms with Crippen molar-refractivity contribution < 1.29 is 19.4 Å². The van der Waals surface area contributed by atoms with Gasteiger partial charge in [-0.15, -0.1) is 0 Å². The monoisotopic (exact) mass is 226 g/mol. The van der Waals surface area contributed by atoms with Crippen LogP contribution in [0, 0.1) is 0 Å². The fraction of sp³-hybridized carbons (Fsp3) is 0.500. The number of rotatable bonds is 6. The van der Waals surface area contributed by atoms with Crippen LogP contribution in [-0.2, 0) is 16.1 Å². The number of aryl methyl sites for hydroxylation is 1. The molecule has 0 saturated carbocycles. The maximum absolute atomic E-state index is 11.0. The fourth-order valence-corrected chi connectivity index (χ4v) is 1.23.